The van der Waals surface area contributed by atoms with Gasteiger partial charge in [-0.1, -0.05) is 91.0 Å². The average Bonchev–Trinajstić information content (AvgIpc) is 3.84. The summed E-state index contributed by atoms with van der Waals surface area (Å²) in [6, 6.07) is 52.2. The summed E-state index contributed by atoms with van der Waals surface area (Å²) in [6.45, 7) is 7.90. The number of pyridine rings is 1. The summed E-state index contributed by atoms with van der Waals surface area (Å²) in [6.07, 6.45) is 5.64. The van der Waals surface area contributed by atoms with Crippen LogP contribution in [-0.4, -0.2) is 19.3 Å². The van der Waals surface area contributed by atoms with Gasteiger partial charge in [0.2, 0.25) is 0 Å². The van der Waals surface area contributed by atoms with Crippen LogP contribution in [0.5, 0.6) is 11.5 Å². The Morgan fingerprint density at radius 1 is 0.642 bits per heavy atom. The van der Waals surface area contributed by atoms with Crippen molar-refractivity contribution in [1.82, 2.24) is 19.3 Å². The molecule has 9 rings (SSSR count). The summed E-state index contributed by atoms with van der Waals surface area (Å²) in [5.41, 5.74) is 9.93. The first kappa shape index (κ1) is 31.3. The van der Waals surface area contributed by atoms with Crippen LogP contribution >= 0.6 is 0 Å². The Bertz CT molecular complexity index is 2820. The van der Waals surface area contributed by atoms with Crippen molar-refractivity contribution in [2.45, 2.75) is 0 Å². The summed E-state index contributed by atoms with van der Waals surface area (Å²) in [5, 5.41) is 16.5. The molecule has 0 saturated heterocycles. The van der Waals surface area contributed by atoms with Crippen molar-refractivity contribution in [2.24, 2.45) is 0 Å². The Morgan fingerprint density at radius 3 is 2.02 bits per heavy atom. The standard InChI is InChI=1S/C46H28N6O/c1-48-35-24-36(51-30-34(29-50-51)46-39(32-11-4-2-5-12-32)15-10-16-40(46)33-13-6-3-7-14-33)26-38(25-35)53-37-19-21-42-41-20-18-31(28-47)23-43(41)52(44(42)27-37)45-17-8-9-22-49-45/h2-27,29-30H. The zero-order valence-corrected chi connectivity index (χ0v) is 28.3. The van der Waals surface area contributed by atoms with Crippen LogP contribution in [0.25, 0.3) is 71.5 Å². The Morgan fingerprint density at radius 2 is 1.34 bits per heavy atom. The third kappa shape index (κ3) is 5.75. The minimum Gasteiger partial charge on any atom is -0.459 e. The number of hydrogen-bond donors (Lipinski definition) is 0. The fourth-order valence-electron chi connectivity index (χ4n) is 7.00. The summed E-state index contributed by atoms with van der Waals surface area (Å²) in [4.78, 5) is 8.39. The molecule has 9 aromatic rings. The number of ether oxygens (including phenoxy) is 1. The Balaban J connectivity index is 1.13. The molecule has 53 heavy (non-hydrogen) atoms. The lowest BCUT2D eigenvalue weighted by molar-refractivity contribution is 0.483. The first-order valence-corrected chi connectivity index (χ1v) is 17.1. The van der Waals surface area contributed by atoms with E-state index in [0.717, 1.165) is 61.0 Å². The smallest absolute Gasteiger partial charge is 0.193 e. The van der Waals surface area contributed by atoms with Crippen molar-refractivity contribution in [1.29, 1.82) is 5.26 Å². The van der Waals surface area contributed by atoms with Gasteiger partial charge in [-0.05, 0) is 70.8 Å². The van der Waals surface area contributed by atoms with E-state index in [4.69, 9.17) is 16.4 Å². The zero-order valence-electron chi connectivity index (χ0n) is 28.3. The van der Waals surface area contributed by atoms with E-state index in [0.29, 0.717) is 28.4 Å². The van der Waals surface area contributed by atoms with Gasteiger partial charge in [0.15, 0.2) is 5.69 Å². The fraction of sp³-hybridized carbons (Fsp3) is 0. The number of hydrogen-bond acceptors (Lipinski definition) is 4. The monoisotopic (exact) mass is 680 g/mol. The summed E-state index contributed by atoms with van der Waals surface area (Å²) in [5.74, 6) is 1.83. The van der Waals surface area contributed by atoms with E-state index in [9.17, 15) is 5.26 Å². The Labute approximate surface area is 305 Å². The topological polar surface area (TPSA) is 73.0 Å². The Kier molecular flexibility index (Phi) is 7.78. The number of aromatic nitrogens is 4. The molecule has 6 aromatic carbocycles. The van der Waals surface area contributed by atoms with Crippen LogP contribution in [0.4, 0.5) is 5.69 Å². The molecule has 0 fully saturated rings. The highest BCUT2D eigenvalue weighted by atomic mass is 16.5. The van der Waals surface area contributed by atoms with Gasteiger partial charge in [0.1, 0.15) is 17.3 Å². The lowest BCUT2D eigenvalue weighted by Crippen LogP contribution is -1.97. The van der Waals surface area contributed by atoms with Gasteiger partial charge in [-0.15, -0.1) is 0 Å². The molecule has 248 valence electrons. The number of fused-ring (bicyclic) bond motifs is 3. The molecule has 0 atom stereocenters. The van der Waals surface area contributed by atoms with E-state index in [2.05, 4.69) is 82.6 Å². The SMILES string of the molecule is [C-]#[N+]c1cc(Oc2ccc3c4ccc(C#N)cc4n(-c4ccccn4)c3c2)cc(-n2cc(-c3c(-c4ccccc4)cccc3-c3ccccc3)cn2)c1. The minimum absolute atomic E-state index is 0.428. The first-order chi connectivity index (χ1) is 26.2. The van der Waals surface area contributed by atoms with E-state index in [1.54, 1.807) is 16.9 Å². The van der Waals surface area contributed by atoms with Gasteiger partial charge in [0.05, 0.1) is 41.1 Å². The maximum Gasteiger partial charge on any atom is 0.193 e. The van der Waals surface area contributed by atoms with E-state index in [1.165, 1.54) is 0 Å². The third-order valence-corrected chi connectivity index (χ3v) is 9.36. The molecule has 0 spiro atoms. The summed E-state index contributed by atoms with van der Waals surface area (Å²) in [7, 11) is 0. The van der Waals surface area contributed by atoms with E-state index in [1.807, 2.05) is 95.8 Å². The molecule has 7 heteroatoms. The van der Waals surface area contributed by atoms with Crippen molar-refractivity contribution in [2.75, 3.05) is 0 Å². The van der Waals surface area contributed by atoms with Crippen molar-refractivity contribution in [3.63, 3.8) is 0 Å². The molecule has 0 aliphatic heterocycles. The van der Waals surface area contributed by atoms with Gasteiger partial charge < -0.3 is 4.74 Å². The lowest BCUT2D eigenvalue weighted by Gasteiger charge is -2.15. The molecule has 0 aliphatic carbocycles. The predicted octanol–water partition coefficient (Wildman–Crippen LogP) is 11.6. The highest BCUT2D eigenvalue weighted by Crippen LogP contribution is 2.41. The molecule has 7 nitrogen and oxygen atoms in total. The van der Waals surface area contributed by atoms with Crippen LogP contribution in [0, 0.1) is 17.9 Å². The molecule has 3 heterocycles. The van der Waals surface area contributed by atoms with Crippen LogP contribution in [-0.2, 0) is 0 Å². The molecule has 0 aliphatic rings. The average molecular weight is 681 g/mol. The second-order valence-electron chi connectivity index (χ2n) is 12.6. The van der Waals surface area contributed by atoms with Crippen LogP contribution in [0.1, 0.15) is 5.56 Å². The van der Waals surface area contributed by atoms with Gasteiger partial charge in [-0.2, -0.15) is 10.4 Å². The molecule has 0 bridgehead atoms. The minimum atomic E-state index is 0.428. The highest BCUT2D eigenvalue weighted by Gasteiger charge is 2.18. The second-order valence-corrected chi connectivity index (χ2v) is 12.6. The highest BCUT2D eigenvalue weighted by molar-refractivity contribution is 6.09. The summed E-state index contributed by atoms with van der Waals surface area (Å²) >= 11 is 0. The maximum atomic E-state index is 9.65. The summed E-state index contributed by atoms with van der Waals surface area (Å²) < 4.78 is 10.3. The Hall–Kier alpha value is -7.74. The molecule has 3 aromatic heterocycles. The molecular weight excluding hydrogens is 653 g/mol. The third-order valence-electron chi connectivity index (χ3n) is 9.36. The number of rotatable bonds is 7. The van der Waals surface area contributed by atoms with Crippen molar-refractivity contribution in [3.05, 3.63) is 187 Å². The molecule has 0 amide bonds. The van der Waals surface area contributed by atoms with Crippen molar-refractivity contribution in [3.8, 4) is 62.5 Å². The number of nitrogens with zero attached hydrogens (tertiary/aromatic N) is 6. The van der Waals surface area contributed by atoms with E-state index >= 15 is 0 Å². The number of nitriles is 1. The largest absolute Gasteiger partial charge is 0.459 e. The van der Waals surface area contributed by atoms with Gasteiger partial charge in [-0.3, -0.25) is 4.57 Å². The van der Waals surface area contributed by atoms with Gasteiger partial charge in [-0.25, -0.2) is 14.5 Å². The lowest BCUT2D eigenvalue weighted by atomic mass is 9.89. The van der Waals surface area contributed by atoms with Crippen LogP contribution in [0.15, 0.2) is 170 Å². The zero-order chi connectivity index (χ0) is 35.7. The molecule has 0 unspecified atom stereocenters. The van der Waals surface area contributed by atoms with Crippen LogP contribution < -0.4 is 4.74 Å². The fourth-order valence-corrected chi connectivity index (χ4v) is 7.00. The molecule has 0 radical (unpaired) electrons. The van der Waals surface area contributed by atoms with Gasteiger partial charge in [0.25, 0.3) is 0 Å². The quantitative estimate of drug-likeness (QED) is 0.157. The maximum absolute atomic E-state index is 9.65. The molecule has 0 N–H and O–H groups in total. The van der Waals surface area contributed by atoms with Gasteiger partial charge in [0, 0.05) is 46.4 Å². The second kappa shape index (κ2) is 13.2. The molecule has 0 saturated carbocycles. The van der Waals surface area contributed by atoms with Crippen molar-refractivity contribution < 1.29 is 4.74 Å². The predicted molar refractivity (Wildman–Crippen MR) is 209 cm³/mol. The first-order valence-electron chi connectivity index (χ1n) is 17.1. The van der Waals surface area contributed by atoms with Gasteiger partial charge >= 0.3 is 0 Å². The van der Waals surface area contributed by atoms with Crippen LogP contribution in [0.2, 0.25) is 0 Å². The van der Waals surface area contributed by atoms with Crippen LogP contribution in [0.3, 0.4) is 0 Å². The number of benzene rings is 6. The molecular formula is C46H28N6O. The normalized spacial score (nSPS) is 11.0. The van der Waals surface area contributed by atoms with Crippen molar-refractivity contribution >= 4 is 27.5 Å². The van der Waals surface area contributed by atoms with E-state index in [-0.39, 0.29) is 0 Å². The van der Waals surface area contributed by atoms with E-state index < -0.39 is 0 Å².